The maximum atomic E-state index is 11.3. The van der Waals surface area contributed by atoms with Crippen LogP contribution in [-0.4, -0.2) is 25.7 Å². The molecular weight excluding hydrogens is 242 g/mol. The van der Waals surface area contributed by atoms with Crippen molar-refractivity contribution < 1.29 is 8.42 Å². The highest BCUT2D eigenvalue weighted by Gasteiger charge is 2.08. The Hall–Kier alpha value is -0.680. The van der Waals surface area contributed by atoms with E-state index in [1.54, 1.807) is 6.92 Å². The van der Waals surface area contributed by atoms with Crippen molar-refractivity contribution in [2.75, 3.05) is 23.0 Å². The summed E-state index contributed by atoms with van der Waals surface area (Å²) in [5.41, 5.74) is 7.68. The first kappa shape index (κ1) is 13.4. The average Bonchev–Trinajstić information content (AvgIpc) is 2.24. The van der Waals surface area contributed by atoms with Crippen molar-refractivity contribution in [1.29, 1.82) is 0 Å². The third kappa shape index (κ3) is 3.72. The molecule has 90 valence electrons. The van der Waals surface area contributed by atoms with E-state index in [-0.39, 0.29) is 11.5 Å². The number of hydrogen-bond donors (Lipinski definition) is 1. The molecule has 0 aliphatic rings. The van der Waals surface area contributed by atoms with Gasteiger partial charge in [0.2, 0.25) is 0 Å². The Balaban J connectivity index is 2.59. The van der Waals surface area contributed by atoms with Crippen LogP contribution in [0.3, 0.4) is 0 Å². The van der Waals surface area contributed by atoms with E-state index in [0.29, 0.717) is 5.75 Å². The number of para-hydroxylation sites is 1. The van der Waals surface area contributed by atoms with E-state index < -0.39 is 9.84 Å². The molecule has 0 aliphatic heterocycles. The van der Waals surface area contributed by atoms with Crippen LogP contribution >= 0.6 is 11.8 Å². The molecule has 1 aromatic carbocycles. The normalized spacial score (nSPS) is 11.6. The van der Waals surface area contributed by atoms with Gasteiger partial charge in [-0.15, -0.1) is 11.8 Å². The van der Waals surface area contributed by atoms with Gasteiger partial charge in [-0.05, 0) is 18.6 Å². The second kappa shape index (κ2) is 5.59. The lowest BCUT2D eigenvalue weighted by Gasteiger charge is -2.07. The van der Waals surface area contributed by atoms with Gasteiger partial charge in [0, 0.05) is 22.1 Å². The van der Waals surface area contributed by atoms with E-state index in [1.807, 2.05) is 25.1 Å². The standard InChI is InChI=1S/C11H17NO2S2/c1-3-16(13,14)8-7-15-10-6-4-5-9(2)11(10)12/h4-6H,3,7-8,12H2,1-2H3. The molecule has 0 bridgehead atoms. The van der Waals surface area contributed by atoms with Crippen LogP contribution in [0.4, 0.5) is 5.69 Å². The van der Waals surface area contributed by atoms with Crippen molar-refractivity contribution in [3.05, 3.63) is 23.8 Å². The molecule has 5 heteroatoms. The quantitative estimate of drug-likeness (QED) is 0.650. The van der Waals surface area contributed by atoms with Crippen molar-refractivity contribution in [3.63, 3.8) is 0 Å². The predicted octanol–water partition coefficient (Wildman–Crippen LogP) is 2.10. The zero-order valence-corrected chi connectivity index (χ0v) is 11.2. The number of sulfone groups is 1. The van der Waals surface area contributed by atoms with Crippen molar-refractivity contribution in [2.45, 2.75) is 18.7 Å². The van der Waals surface area contributed by atoms with Gasteiger partial charge in [-0.3, -0.25) is 0 Å². The summed E-state index contributed by atoms with van der Waals surface area (Å²) in [4.78, 5) is 0.964. The van der Waals surface area contributed by atoms with Gasteiger partial charge >= 0.3 is 0 Å². The van der Waals surface area contributed by atoms with Gasteiger partial charge in [0.15, 0.2) is 9.84 Å². The fourth-order valence-corrected chi connectivity index (χ4v) is 3.55. The first-order valence-electron chi connectivity index (χ1n) is 5.14. The first-order valence-corrected chi connectivity index (χ1v) is 7.95. The molecule has 2 N–H and O–H groups in total. The molecule has 0 spiro atoms. The van der Waals surface area contributed by atoms with Gasteiger partial charge < -0.3 is 5.73 Å². The largest absolute Gasteiger partial charge is 0.398 e. The summed E-state index contributed by atoms with van der Waals surface area (Å²) in [6.07, 6.45) is 0. The molecule has 0 heterocycles. The molecule has 0 unspecified atom stereocenters. The molecule has 0 saturated heterocycles. The van der Waals surface area contributed by atoms with Crippen LogP contribution in [0.2, 0.25) is 0 Å². The summed E-state index contributed by atoms with van der Waals surface area (Å²) < 4.78 is 22.6. The Bertz CT molecular complexity index is 455. The molecule has 0 saturated carbocycles. The molecule has 0 amide bonds. The summed E-state index contributed by atoms with van der Waals surface area (Å²) in [6.45, 7) is 3.61. The Kier molecular flexibility index (Phi) is 4.68. The molecule has 3 nitrogen and oxygen atoms in total. The van der Waals surface area contributed by atoms with Crippen molar-refractivity contribution in [3.8, 4) is 0 Å². The van der Waals surface area contributed by atoms with E-state index in [0.717, 1.165) is 16.1 Å². The Morgan fingerprint density at radius 1 is 1.38 bits per heavy atom. The number of anilines is 1. The number of nitrogens with two attached hydrogens (primary N) is 1. The van der Waals surface area contributed by atoms with Crippen LogP contribution < -0.4 is 5.73 Å². The molecule has 0 aliphatic carbocycles. The molecular formula is C11H17NO2S2. The van der Waals surface area contributed by atoms with Gasteiger partial charge in [-0.1, -0.05) is 19.1 Å². The summed E-state index contributed by atoms with van der Waals surface area (Å²) >= 11 is 1.50. The Morgan fingerprint density at radius 3 is 2.69 bits per heavy atom. The predicted molar refractivity (Wildman–Crippen MR) is 70.6 cm³/mol. The minimum absolute atomic E-state index is 0.205. The Labute approximate surface area is 101 Å². The lowest BCUT2D eigenvalue weighted by molar-refractivity contribution is 0.599. The zero-order valence-electron chi connectivity index (χ0n) is 9.56. The molecule has 0 atom stereocenters. The Morgan fingerprint density at radius 2 is 2.06 bits per heavy atom. The maximum Gasteiger partial charge on any atom is 0.150 e. The number of rotatable bonds is 5. The summed E-state index contributed by atoms with van der Waals surface area (Å²) in [5, 5.41) is 0. The molecule has 1 aromatic rings. The van der Waals surface area contributed by atoms with Gasteiger partial charge in [0.05, 0.1) is 5.75 Å². The van der Waals surface area contributed by atoms with E-state index in [9.17, 15) is 8.42 Å². The SMILES string of the molecule is CCS(=O)(=O)CCSc1cccc(C)c1N. The lowest BCUT2D eigenvalue weighted by Crippen LogP contribution is -2.10. The van der Waals surface area contributed by atoms with Gasteiger partial charge in [-0.25, -0.2) is 8.42 Å². The minimum atomic E-state index is -2.87. The second-order valence-corrected chi connectivity index (χ2v) is 7.18. The van der Waals surface area contributed by atoms with Gasteiger partial charge in [0.25, 0.3) is 0 Å². The van der Waals surface area contributed by atoms with Crippen LogP contribution in [0.5, 0.6) is 0 Å². The van der Waals surface area contributed by atoms with Crippen LogP contribution in [0.1, 0.15) is 12.5 Å². The first-order chi connectivity index (χ1) is 7.46. The van der Waals surface area contributed by atoms with E-state index in [1.165, 1.54) is 11.8 Å². The van der Waals surface area contributed by atoms with E-state index in [4.69, 9.17) is 5.73 Å². The fraction of sp³-hybridized carbons (Fsp3) is 0.455. The second-order valence-electron chi connectivity index (χ2n) is 3.57. The number of aryl methyl sites for hydroxylation is 1. The van der Waals surface area contributed by atoms with E-state index in [2.05, 4.69) is 0 Å². The molecule has 1 rings (SSSR count). The summed E-state index contributed by atoms with van der Waals surface area (Å²) in [7, 11) is -2.87. The highest BCUT2D eigenvalue weighted by atomic mass is 32.2. The zero-order chi connectivity index (χ0) is 12.2. The summed E-state index contributed by atoms with van der Waals surface area (Å²) in [6, 6.07) is 5.80. The highest BCUT2D eigenvalue weighted by Crippen LogP contribution is 2.27. The van der Waals surface area contributed by atoms with Crippen LogP contribution in [0.25, 0.3) is 0 Å². The molecule has 0 aromatic heterocycles. The monoisotopic (exact) mass is 259 g/mol. The number of thioether (sulfide) groups is 1. The number of benzene rings is 1. The fourth-order valence-electron chi connectivity index (χ4n) is 1.20. The van der Waals surface area contributed by atoms with Crippen LogP contribution in [0, 0.1) is 6.92 Å². The van der Waals surface area contributed by atoms with Crippen molar-refractivity contribution >= 4 is 27.3 Å². The molecule has 0 fully saturated rings. The van der Waals surface area contributed by atoms with Gasteiger partial charge in [0.1, 0.15) is 0 Å². The number of hydrogen-bond acceptors (Lipinski definition) is 4. The molecule has 16 heavy (non-hydrogen) atoms. The molecule has 0 radical (unpaired) electrons. The third-order valence-corrected chi connectivity index (χ3v) is 5.42. The van der Waals surface area contributed by atoms with Crippen molar-refractivity contribution in [1.82, 2.24) is 0 Å². The smallest absolute Gasteiger partial charge is 0.150 e. The van der Waals surface area contributed by atoms with Crippen molar-refractivity contribution in [2.24, 2.45) is 0 Å². The van der Waals surface area contributed by atoms with Gasteiger partial charge in [-0.2, -0.15) is 0 Å². The van der Waals surface area contributed by atoms with Crippen LogP contribution in [-0.2, 0) is 9.84 Å². The van der Waals surface area contributed by atoms with Crippen LogP contribution in [0.15, 0.2) is 23.1 Å². The minimum Gasteiger partial charge on any atom is -0.398 e. The highest BCUT2D eigenvalue weighted by molar-refractivity contribution is 8.00. The lowest BCUT2D eigenvalue weighted by atomic mass is 10.2. The topological polar surface area (TPSA) is 60.2 Å². The summed E-state index contributed by atoms with van der Waals surface area (Å²) in [5.74, 6) is 0.974. The third-order valence-electron chi connectivity index (χ3n) is 2.38. The maximum absolute atomic E-state index is 11.3. The van der Waals surface area contributed by atoms with E-state index >= 15 is 0 Å². The average molecular weight is 259 g/mol. The number of nitrogen functional groups attached to an aromatic ring is 1.